The van der Waals surface area contributed by atoms with Crippen LogP contribution in [0.1, 0.15) is 29.8 Å². The van der Waals surface area contributed by atoms with Gasteiger partial charge in [-0.05, 0) is 68.8 Å². The van der Waals surface area contributed by atoms with Crippen LogP contribution in [-0.4, -0.2) is 27.0 Å². The molecule has 0 aliphatic heterocycles. The lowest BCUT2D eigenvalue weighted by Gasteiger charge is -2.12. The maximum Gasteiger partial charge on any atom is 0.255 e. The van der Waals surface area contributed by atoms with Crippen LogP contribution in [0.5, 0.6) is 5.75 Å². The molecule has 0 aliphatic carbocycles. The van der Waals surface area contributed by atoms with E-state index in [1.165, 1.54) is 0 Å². The molecule has 4 rings (SSSR count). The highest BCUT2D eigenvalue weighted by Gasteiger charge is 2.13. The predicted molar refractivity (Wildman–Crippen MR) is 114 cm³/mol. The van der Waals surface area contributed by atoms with Gasteiger partial charge in [-0.25, -0.2) is 0 Å². The van der Waals surface area contributed by atoms with Crippen LogP contribution >= 0.6 is 0 Å². The fourth-order valence-corrected chi connectivity index (χ4v) is 3.06. The van der Waals surface area contributed by atoms with Gasteiger partial charge in [-0.2, -0.15) is 4.80 Å². The quantitative estimate of drug-likeness (QED) is 0.536. The Morgan fingerprint density at radius 3 is 2.41 bits per heavy atom. The minimum atomic E-state index is -0.197. The van der Waals surface area contributed by atoms with Crippen LogP contribution in [0, 0.1) is 6.92 Å². The molecule has 0 fully saturated rings. The number of amides is 1. The normalized spacial score (nSPS) is 11.0. The molecule has 1 aromatic heterocycles. The van der Waals surface area contributed by atoms with Crippen LogP contribution in [0.2, 0.25) is 0 Å². The molecule has 6 nitrogen and oxygen atoms in total. The number of aryl methyl sites for hydroxylation is 1. The number of hydrogen-bond acceptors (Lipinski definition) is 4. The van der Waals surface area contributed by atoms with Gasteiger partial charge in [0, 0.05) is 11.3 Å². The van der Waals surface area contributed by atoms with Gasteiger partial charge in [0.15, 0.2) is 0 Å². The Morgan fingerprint density at radius 2 is 1.69 bits per heavy atom. The second kappa shape index (κ2) is 7.75. The summed E-state index contributed by atoms with van der Waals surface area (Å²) >= 11 is 0. The Labute approximate surface area is 169 Å². The first-order chi connectivity index (χ1) is 14.0. The maximum absolute atomic E-state index is 12.8. The molecule has 0 unspecified atom stereocenters. The van der Waals surface area contributed by atoms with Crippen molar-refractivity contribution in [1.29, 1.82) is 0 Å². The van der Waals surface area contributed by atoms with E-state index in [9.17, 15) is 4.79 Å². The summed E-state index contributed by atoms with van der Waals surface area (Å²) in [5.41, 5.74) is 4.53. The predicted octanol–water partition coefficient (Wildman–Crippen LogP) is 4.77. The largest absolute Gasteiger partial charge is 0.491 e. The van der Waals surface area contributed by atoms with Crippen molar-refractivity contribution in [2.24, 2.45) is 0 Å². The molecule has 3 aromatic carbocycles. The molecule has 0 atom stereocenters. The lowest BCUT2D eigenvalue weighted by Crippen LogP contribution is -2.13. The summed E-state index contributed by atoms with van der Waals surface area (Å²) in [7, 11) is 0. The number of ether oxygens (including phenoxy) is 1. The summed E-state index contributed by atoms with van der Waals surface area (Å²) in [4.78, 5) is 14.4. The highest BCUT2D eigenvalue weighted by molar-refractivity contribution is 6.05. The topological polar surface area (TPSA) is 69.0 Å². The van der Waals surface area contributed by atoms with Crippen molar-refractivity contribution in [1.82, 2.24) is 15.0 Å². The standard InChI is InChI=1S/C23H22N4O2/c1-15(2)29-19-11-7-8-17(13-19)23(28)24-20-14-22-21(12-16(20)3)25-27(26-22)18-9-5-4-6-10-18/h4-15H,1-3H3,(H,24,28). The molecule has 0 spiro atoms. The van der Waals surface area contributed by atoms with Crippen molar-refractivity contribution in [2.75, 3.05) is 5.32 Å². The minimum absolute atomic E-state index is 0.0465. The first-order valence-corrected chi connectivity index (χ1v) is 9.51. The van der Waals surface area contributed by atoms with Crippen molar-refractivity contribution in [3.63, 3.8) is 0 Å². The maximum atomic E-state index is 12.8. The van der Waals surface area contributed by atoms with Crippen molar-refractivity contribution < 1.29 is 9.53 Å². The fraction of sp³-hybridized carbons (Fsp3) is 0.174. The molecule has 0 saturated carbocycles. The number of aromatic nitrogens is 3. The van der Waals surface area contributed by atoms with Crippen molar-refractivity contribution in [3.05, 3.63) is 77.9 Å². The lowest BCUT2D eigenvalue weighted by atomic mass is 10.1. The SMILES string of the molecule is Cc1cc2nn(-c3ccccc3)nc2cc1NC(=O)c1cccc(OC(C)C)c1. The summed E-state index contributed by atoms with van der Waals surface area (Å²) in [6.45, 7) is 5.84. The zero-order valence-electron chi connectivity index (χ0n) is 16.6. The molecule has 0 saturated heterocycles. The smallest absolute Gasteiger partial charge is 0.255 e. The lowest BCUT2D eigenvalue weighted by molar-refractivity contribution is 0.102. The summed E-state index contributed by atoms with van der Waals surface area (Å²) in [5.74, 6) is 0.475. The van der Waals surface area contributed by atoms with Gasteiger partial charge < -0.3 is 10.1 Å². The van der Waals surface area contributed by atoms with Crippen LogP contribution in [0.25, 0.3) is 16.7 Å². The third-order valence-electron chi connectivity index (χ3n) is 4.43. The molecular formula is C23H22N4O2. The van der Waals surface area contributed by atoms with Crippen molar-refractivity contribution in [3.8, 4) is 11.4 Å². The highest BCUT2D eigenvalue weighted by Crippen LogP contribution is 2.23. The fourth-order valence-electron chi connectivity index (χ4n) is 3.06. The molecule has 0 radical (unpaired) electrons. The van der Waals surface area contributed by atoms with E-state index in [1.54, 1.807) is 16.9 Å². The van der Waals surface area contributed by atoms with Gasteiger partial charge in [-0.15, -0.1) is 10.2 Å². The van der Waals surface area contributed by atoms with E-state index in [4.69, 9.17) is 4.74 Å². The molecular weight excluding hydrogens is 364 g/mol. The van der Waals surface area contributed by atoms with Crippen molar-refractivity contribution in [2.45, 2.75) is 26.9 Å². The molecule has 0 bridgehead atoms. The van der Waals surface area contributed by atoms with E-state index < -0.39 is 0 Å². The zero-order valence-corrected chi connectivity index (χ0v) is 16.6. The van der Waals surface area contributed by atoms with Gasteiger partial charge in [0.05, 0.1) is 11.8 Å². The van der Waals surface area contributed by atoms with E-state index in [1.807, 2.05) is 75.4 Å². The Kier molecular flexibility index (Phi) is 4.99. The summed E-state index contributed by atoms with van der Waals surface area (Å²) in [5, 5.41) is 12.1. The second-order valence-electron chi connectivity index (χ2n) is 7.13. The molecule has 29 heavy (non-hydrogen) atoms. The highest BCUT2D eigenvalue weighted by atomic mass is 16.5. The van der Waals surface area contributed by atoms with Crippen LogP contribution in [0.15, 0.2) is 66.7 Å². The third-order valence-corrected chi connectivity index (χ3v) is 4.43. The number of carbonyl (C=O) groups excluding carboxylic acids is 1. The van der Waals surface area contributed by atoms with Gasteiger partial charge in [0.2, 0.25) is 0 Å². The Morgan fingerprint density at radius 1 is 0.966 bits per heavy atom. The van der Waals surface area contributed by atoms with Crippen LogP contribution in [-0.2, 0) is 0 Å². The Balaban J connectivity index is 1.61. The molecule has 6 heteroatoms. The number of fused-ring (bicyclic) bond motifs is 1. The molecule has 0 aliphatic rings. The van der Waals surface area contributed by atoms with Gasteiger partial charge in [-0.1, -0.05) is 24.3 Å². The van der Waals surface area contributed by atoms with E-state index >= 15 is 0 Å². The molecule has 146 valence electrons. The second-order valence-corrected chi connectivity index (χ2v) is 7.13. The molecule has 1 heterocycles. The number of para-hydroxylation sites is 1. The van der Waals surface area contributed by atoms with E-state index in [0.717, 1.165) is 16.8 Å². The monoisotopic (exact) mass is 386 g/mol. The van der Waals surface area contributed by atoms with Gasteiger partial charge in [-0.3, -0.25) is 4.79 Å². The number of rotatable bonds is 5. The van der Waals surface area contributed by atoms with Crippen LogP contribution in [0.4, 0.5) is 5.69 Å². The summed E-state index contributed by atoms with van der Waals surface area (Å²) in [6.07, 6.45) is 0.0465. The summed E-state index contributed by atoms with van der Waals surface area (Å²) in [6, 6.07) is 20.7. The number of carbonyl (C=O) groups is 1. The molecule has 4 aromatic rings. The van der Waals surface area contributed by atoms with Gasteiger partial charge >= 0.3 is 0 Å². The third kappa shape index (κ3) is 4.11. The summed E-state index contributed by atoms with van der Waals surface area (Å²) < 4.78 is 5.68. The first kappa shape index (κ1) is 18.7. The number of hydrogen-bond donors (Lipinski definition) is 1. The van der Waals surface area contributed by atoms with E-state index in [-0.39, 0.29) is 12.0 Å². The number of nitrogens with zero attached hydrogens (tertiary/aromatic N) is 3. The average molecular weight is 386 g/mol. The van der Waals surface area contributed by atoms with Gasteiger partial charge in [0.1, 0.15) is 16.8 Å². The number of nitrogens with one attached hydrogen (secondary N) is 1. The zero-order chi connectivity index (χ0) is 20.4. The molecule has 1 amide bonds. The van der Waals surface area contributed by atoms with Crippen LogP contribution < -0.4 is 10.1 Å². The first-order valence-electron chi connectivity index (χ1n) is 9.51. The molecule has 1 N–H and O–H groups in total. The Hall–Kier alpha value is -3.67. The Bertz CT molecular complexity index is 1170. The van der Waals surface area contributed by atoms with E-state index in [2.05, 4.69) is 15.5 Å². The average Bonchev–Trinajstić information content (AvgIpc) is 3.11. The van der Waals surface area contributed by atoms with Crippen molar-refractivity contribution >= 4 is 22.6 Å². The minimum Gasteiger partial charge on any atom is -0.491 e. The number of anilines is 1. The van der Waals surface area contributed by atoms with E-state index in [0.29, 0.717) is 22.5 Å². The van der Waals surface area contributed by atoms with Gasteiger partial charge in [0.25, 0.3) is 5.91 Å². The van der Waals surface area contributed by atoms with Crippen LogP contribution in [0.3, 0.4) is 0 Å². The number of benzene rings is 3.